The molecule has 0 bridgehead atoms. The molecule has 1 aromatic carbocycles. The smallest absolute Gasteiger partial charge is 0.335 e. The van der Waals surface area contributed by atoms with Gasteiger partial charge in [-0.15, -0.1) is 0 Å². The Bertz CT molecular complexity index is 333. The third-order valence-electron chi connectivity index (χ3n) is 1.36. The number of carbonyl (C=O) groups excluding carboxylic acids is 1. The van der Waals surface area contributed by atoms with Crippen LogP contribution in [0.25, 0.3) is 0 Å². The lowest BCUT2D eigenvalue weighted by Crippen LogP contribution is -1.99. The summed E-state index contributed by atoms with van der Waals surface area (Å²) in [7, 11) is 0. The van der Waals surface area contributed by atoms with Gasteiger partial charge in [-0.25, -0.2) is 4.79 Å². The van der Waals surface area contributed by atoms with E-state index in [1.165, 1.54) is 18.2 Å². The van der Waals surface area contributed by atoms with Crippen molar-refractivity contribution in [1.29, 1.82) is 0 Å². The first-order valence-corrected chi connectivity index (χ1v) is 3.22. The van der Waals surface area contributed by atoms with E-state index in [-0.39, 0.29) is 16.8 Å². The van der Waals surface area contributed by atoms with Crippen molar-refractivity contribution >= 4 is 17.9 Å². The van der Waals surface area contributed by atoms with Gasteiger partial charge in [-0.1, -0.05) is 0 Å². The zero-order valence-corrected chi connectivity index (χ0v) is 6.15. The van der Waals surface area contributed by atoms with Gasteiger partial charge >= 0.3 is 5.97 Å². The second kappa shape index (κ2) is 3.04. The molecule has 0 unspecified atom stereocenters. The van der Waals surface area contributed by atoms with Crippen molar-refractivity contribution in [1.82, 2.24) is 0 Å². The van der Waals surface area contributed by atoms with E-state index in [4.69, 9.17) is 10.8 Å². The van der Waals surface area contributed by atoms with Crippen LogP contribution in [-0.4, -0.2) is 17.4 Å². The Labute approximate surface area is 68.6 Å². The highest BCUT2D eigenvalue weighted by molar-refractivity contribution is 5.91. The van der Waals surface area contributed by atoms with Crippen molar-refractivity contribution in [2.24, 2.45) is 0 Å². The number of aldehydes is 1. The number of carboxylic acids is 1. The molecule has 1 rings (SSSR count). The number of rotatable bonds is 2. The minimum absolute atomic E-state index is 0.0251. The summed E-state index contributed by atoms with van der Waals surface area (Å²) in [5, 5.41) is 8.56. The number of anilines is 1. The van der Waals surface area contributed by atoms with Crippen molar-refractivity contribution in [2.45, 2.75) is 0 Å². The summed E-state index contributed by atoms with van der Waals surface area (Å²) in [4.78, 5) is 20.7. The highest BCUT2D eigenvalue weighted by atomic mass is 16.4. The number of carbonyl (C=O) groups is 2. The molecule has 12 heavy (non-hydrogen) atoms. The molecule has 0 saturated carbocycles. The quantitative estimate of drug-likeness (QED) is 0.501. The fourth-order valence-corrected chi connectivity index (χ4v) is 0.868. The molecule has 0 fully saturated rings. The fraction of sp³-hybridized carbons (Fsp3) is 0. The summed E-state index contributed by atoms with van der Waals surface area (Å²) < 4.78 is 0. The standard InChI is InChI=1S/C8H7NO3/c9-7-2-5(4-10)1-6(3-7)8(11)12/h1-4H,9H2,(H,11,12). The van der Waals surface area contributed by atoms with Crippen LogP contribution in [0.2, 0.25) is 0 Å². The van der Waals surface area contributed by atoms with Crippen LogP contribution >= 0.6 is 0 Å². The van der Waals surface area contributed by atoms with Crippen LogP contribution < -0.4 is 5.73 Å². The first-order valence-electron chi connectivity index (χ1n) is 3.22. The molecule has 0 saturated heterocycles. The van der Waals surface area contributed by atoms with Crippen LogP contribution in [0.1, 0.15) is 20.7 Å². The van der Waals surface area contributed by atoms with Crippen molar-refractivity contribution in [2.75, 3.05) is 5.73 Å². The van der Waals surface area contributed by atoms with Gasteiger partial charge in [0, 0.05) is 11.3 Å². The third kappa shape index (κ3) is 1.60. The molecule has 3 N–H and O–H groups in total. The molecule has 1 aromatic rings. The number of nitrogen functional groups attached to an aromatic ring is 1. The molecule has 0 atom stereocenters. The highest BCUT2D eigenvalue weighted by Crippen LogP contribution is 2.10. The monoisotopic (exact) mass is 165 g/mol. The minimum atomic E-state index is -1.09. The van der Waals surface area contributed by atoms with Crippen LogP contribution in [0, 0.1) is 0 Å². The molecular formula is C8H7NO3. The normalized spacial score (nSPS) is 9.33. The predicted octanol–water partition coefficient (Wildman–Crippen LogP) is 0.780. The molecule has 62 valence electrons. The van der Waals surface area contributed by atoms with Gasteiger partial charge in [0.15, 0.2) is 0 Å². The first kappa shape index (κ1) is 8.26. The first-order chi connectivity index (χ1) is 5.63. The fourth-order valence-electron chi connectivity index (χ4n) is 0.868. The van der Waals surface area contributed by atoms with Crippen molar-refractivity contribution < 1.29 is 14.7 Å². The summed E-state index contributed by atoms with van der Waals surface area (Å²) in [5.74, 6) is -1.09. The second-order valence-corrected chi connectivity index (χ2v) is 2.31. The van der Waals surface area contributed by atoms with E-state index in [1.807, 2.05) is 0 Å². The maximum atomic E-state index is 10.4. The average Bonchev–Trinajstić information content (AvgIpc) is 2.03. The number of benzene rings is 1. The van der Waals surface area contributed by atoms with Crippen LogP contribution in [0.4, 0.5) is 5.69 Å². The Morgan fingerprint density at radius 2 is 2.08 bits per heavy atom. The summed E-state index contributed by atoms with van der Waals surface area (Å²) in [5.41, 5.74) is 5.92. The van der Waals surface area contributed by atoms with Gasteiger partial charge in [0.1, 0.15) is 6.29 Å². The van der Waals surface area contributed by atoms with Crippen LogP contribution in [0.15, 0.2) is 18.2 Å². The lowest BCUT2D eigenvalue weighted by atomic mass is 10.1. The van der Waals surface area contributed by atoms with Gasteiger partial charge in [0.2, 0.25) is 0 Å². The second-order valence-electron chi connectivity index (χ2n) is 2.31. The van der Waals surface area contributed by atoms with Gasteiger partial charge in [-0.05, 0) is 18.2 Å². The zero-order valence-electron chi connectivity index (χ0n) is 6.15. The van der Waals surface area contributed by atoms with E-state index in [0.717, 1.165) is 0 Å². The Hall–Kier alpha value is -1.84. The van der Waals surface area contributed by atoms with Gasteiger partial charge < -0.3 is 10.8 Å². The summed E-state index contributed by atoms with van der Waals surface area (Å²) in [6.45, 7) is 0. The topological polar surface area (TPSA) is 80.4 Å². The van der Waals surface area contributed by atoms with Gasteiger partial charge in [-0.2, -0.15) is 0 Å². The maximum absolute atomic E-state index is 10.4. The van der Waals surface area contributed by atoms with Crippen molar-refractivity contribution in [3.05, 3.63) is 29.3 Å². The number of carboxylic acid groups (broad SMARTS) is 1. The van der Waals surface area contributed by atoms with E-state index in [0.29, 0.717) is 6.29 Å². The molecule has 0 spiro atoms. The summed E-state index contributed by atoms with van der Waals surface area (Å²) >= 11 is 0. The lowest BCUT2D eigenvalue weighted by Gasteiger charge is -1.97. The Morgan fingerprint density at radius 3 is 2.58 bits per heavy atom. The SMILES string of the molecule is Nc1cc(C=O)cc(C(=O)O)c1. The molecule has 0 aliphatic carbocycles. The Kier molecular flexibility index (Phi) is 2.09. The molecule has 0 heterocycles. The van der Waals surface area contributed by atoms with Gasteiger partial charge in [0.05, 0.1) is 5.56 Å². The van der Waals surface area contributed by atoms with E-state index >= 15 is 0 Å². The number of aromatic carboxylic acids is 1. The Morgan fingerprint density at radius 1 is 1.42 bits per heavy atom. The summed E-state index contributed by atoms with van der Waals surface area (Å²) in [6.07, 6.45) is 0.558. The molecule has 0 aliphatic rings. The number of nitrogens with two attached hydrogens (primary N) is 1. The van der Waals surface area contributed by atoms with E-state index < -0.39 is 5.97 Å². The molecule has 0 amide bonds. The number of hydrogen-bond donors (Lipinski definition) is 2. The minimum Gasteiger partial charge on any atom is -0.478 e. The van der Waals surface area contributed by atoms with Crippen molar-refractivity contribution in [3.63, 3.8) is 0 Å². The summed E-state index contributed by atoms with van der Waals surface area (Å²) in [6, 6.07) is 3.99. The molecule has 0 aliphatic heterocycles. The lowest BCUT2D eigenvalue weighted by molar-refractivity contribution is 0.0697. The van der Waals surface area contributed by atoms with E-state index in [2.05, 4.69) is 0 Å². The largest absolute Gasteiger partial charge is 0.478 e. The maximum Gasteiger partial charge on any atom is 0.335 e. The highest BCUT2D eigenvalue weighted by Gasteiger charge is 2.04. The van der Waals surface area contributed by atoms with Crippen LogP contribution in [-0.2, 0) is 0 Å². The number of hydrogen-bond acceptors (Lipinski definition) is 3. The predicted molar refractivity (Wildman–Crippen MR) is 43.2 cm³/mol. The van der Waals surface area contributed by atoms with E-state index in [1.54, 1.807) is 0 Å². The molecule has 4 nitrogen and oxygen atoms in total. The zero-order chi connectivity index (χ0) is 9.14. The molecule has 0 radical (unpaired) electrons. The van der Waals surface area contributed by atoms with Crippen molar-refractivity contribution in [3.8, 4) is 0 Å². The third-order valence-corrected chi connectivity index (χ3v) is 1.36. The molecular weight excluding hydrogens is 158 g/mol. The molecule has 4 heteroatoms. The van der Waals surface area contributed by atoms with Crippen LogP contribution in [0.5, 0.6) is 0 Å². The van der Waals surface area contributed by atoms with Crippen LogP contribution in [0.3, 0.4) is 0 Å². The Balaban J connectivity index is 3.23. The van der Waals surface area contributed by atoms with Gasteiger partial charge in [-0.3, -0.25) is 4.79 Å². The van der Waals surface area contributed by atoms with E-state index in [9.17, 15) is 9.59 Å². The van der Waals surface area contributed by atoms with Gasteiger partial charge in [0.25, 0.3) is 0 Å². The average molecular weight is 165 g/mol. The molecule has 0 aromatic heterocycles.